The van der Waals surface area contributed by atoms with Crippen molar-refractivity contribution in [2.24, 2.45) is 27.4 Å². The molecule has 0 amide bonds. The Balaban J connectivity index is 4.67. The minimum atomic E-state index is -0.799. The van der Waals surface area contributed by atoms with Crippen LogP contribution in [0.1, 0.15) is 27.7 Å². The zero-order chi connectivity index (χ0) is 11.6. The summed E-state index contributed by atoms with van der Waals surface area (Å²) >= 11 is 0. The first-order valence-corrected chi connectivity index (χ1v) is 4.39. The standard InChI is InChI=1S/C8H20N6/c1-7(2,5(9)10)13-14-8(3,4)6(11)12/h5H,9-10H2,1-4H3,(H3,11,12). The highest BCUT2D eigenvalue weighted by Crippen LogP contribution is 2.16. The number of nitrogens with two attached hydrogens (primary N) is 3. The first-order chi connectivity index (χ1) is 6.09. The molecule has 0 fully saturated rings. The highest BCUT2D eigenvalue weighted by atomic mass is 15.2. The molecule has 6 heteroatoms. The molecule has 0 aromatic rings. The maximum absolute atomic E-state index is 7.27. The third-order valence-electron chi connectivity index (χ3n) is 2.03. The molecule has 82 valence electrons. The first-order valence-electron chi connectivity index (χ1n) is 4.39. The average molecular weight is 200 g/mol. The molecule has 0 aliphatic carbocycles. The maximum atomic E-state index is 7.27. The number of nitrogens with one attached hydrogen (secondary N) is 1. The van der Waals surface area contributed by atoms with Crippen LogP contribution in [0.5, 0.6) is 0 Å². The van der Waals surface area contributed by atoms with Crippen molar-refractivity contribution in [1.29, 1.82) is 5.41 Å². The van der Waals surface area contributed by atoms with Gasteiger partial charge in [-0.25, -0.2) is 0 Å². The summed E-state index contributed by atoms with van der Waals surface area (Å²) in [5.74, 6) is -0.0392. The van der Waals surface area contributed by atoms with Gasteiger partial charge >= 0.3 is 0 Å². The van der Waals surface area contributed by atoms with Crippen LogP contribution >= 0.6 is 0 Å². The van der Waals surface area contributed by atoms with E-state index >= 15 is 0 Å². The van der Waals surface area contributed by atoms with E-state index in [9.17, 15) is 0 Å². The highest BCUT2D eigenvalue weighted by Gasteiger charge is 2.26. The van der Waals surface area contributed by atoms with Crippen molar-refractivity contribution in [3.8, 4) is 0 Å². The second-order valence-electron chi connectivity index (χ2n) is 4.35. The largest absolute Gasteiger partial charge is 0.386 e. The molecule has 0 rings (SSSR count). The topological polar surface area (TPSA) is 127 Å². The van der Waals surface area contributed by atoms with Crippen LogP contribution in [0.4, 0.5) is 0 Å². The number of rotatable bonds is 4. The predicted octanol–water partition coefficient (Wildman–Crippen LogP) is 0.175. The van der Waals surface area contributed by atoms with Crippen molar-refractivity contribution in [2.45, 2.75) is 44.9 Å². The summed E-state index contributed by atoms with van der Waals surface area (Å²) in [5.41, 5.74) is 14.9. The van der Waals surface area contributed by atoms with Crippen LogP contribution in [-0.2, 0) is 0 Å². The summed E-state index contributed by atoms with van der Waals surface area (Å²) in [6.45, 7) is 6.96. The Kier molecular flexibility index (Phi) is 3.73. The van der Waals surface area contributed by atoms with Crippen LogP contribution in [0.3, 0.4) is 0 Å². The Bertz CT molecular complexity index is 240. The fourth-order valence-corrected chi connectivity index (χ4v) is 0.374. The average Bonchev–Trinajstić information content (AvgIpc) is 2.01. The summed E-state index contributed by atoms with van der Waals surface area (Å²) < 4.78 is 0. The molecule has 0 heterocycles. The summed E-state index contributed by atoms with van der Waals surface area (Å²) in [7, 11) is 0. The van der Waals surface area contributed by atoms with Crippen molar-refractivity contribution in [1.82, 2.24) is 0 Å². The highest BCUT2D eigenvalue weighted by molar-refractivity contribution is 5.86. The van der Waals surface area contributed by atoms with E-state index in [2.05, 4.69) is 10.2 Å². The molecule has 14 heavy (non-hydrogen) atoms. The van der Waals surface area contributed by atoms with Gasteiger partial charge in [0.25, 0.3) is 0 Å². The van der Waals surface area contributed by atoms with E-state index in [-0.39, 0.29) is 5.84 Å². The van der Waals surface area contributed by atoms with Gasteiger partial charge in [0.05, 0.1) is 6.17 Å². The molecule has 0 spiro atoms. The van der Waals surface area contributed by atoms with Gasteiger partial charge in [-0.3, -0.25) is 5.41 Å². The molecule has 0 aliphatic heterocycles. The Morgan fingerprint density at radius 3 is 1.86 bits per heavy atom. The van der Waals surface area contributed by atoms with E-state index in [0.717, 1.165) is 0 Å². The van der Waals surface area contributed by atoms with Gasteiger partial charge in [0.15, 0.2) is 0 Å². The van der Waals surface area contributed by atoms with Gasteiger partial charge in [0.1, 0.15) is 16.9 Å². The van der Waals surface area contributed by atoms with Crippen molar-refractivity contribution < 1.29 is 0 Å². The van der Waals surface area contributed by atoms with E-state index < -0.39 is 17.2 Å². The minimum absolute atomic E-state index is 0.0392. The van der Waals surface area contributed by atoms with Crippen molar-refractivity contribution in [2.75, 3.05) is 0 Å². The zero-order valence-electron chi connectivity index (χ0n) is 9.20. The van der Waals surface area contributed by atoms with E-state index in [0.29, 0.717) is 0 Å². The maximum Gasteiger partial charge on any atom is 0.132 e. The van der Waals surface area contributed by atoms with Crippen LogP contribution in [0.2, 0.25) is 0 Å². The monoisotopic (exact) mass is 200 g/mol. The van der Waals surface area contributed by atoms with Gasteiger partial charge in [-0.1, -0.05) is 0 Å². The van der Waals surface area contributed by atoms with Crippen molar-refractivity contribution >= 4 is 5.84 Å². The lowest BCUT2D eigenvalue weighted by Gasteiger charge is -2.24. The molecular formula is C8H20N6. The lowest BCUT2D eigenvalue weighted by atomic mass is 10.0. The van der Waals surface area contributed by atoms with Gasteiger partial charge < -0.3 is 17.2 Å². The number of nitrogens with zero attached hydrogens (tertiary/aromatic N) is 2. The Morgan fingerprint density at radius 1 is 1.14 bits per heavy atom. The van der Waals surface area contributed by atoms with Crippen LogP contribution in [-0.4, -0.2) is 23.1 Å². The third kappa shape index (κ3) is 3.39. The van der Waals surface area contributed by atoms with E-state index in [1.807, 2.05) is 0 Å². The summed E-state index contributed by atoms with van der Waals surface area (Å²) in [5, 5.41) is 15.2. The lowest BCUT2D eigenvalue weighted by molar-refractivity contribution is 0.386. The lowest BCUT2D eigenvalue weighted by Crippen LogP contribution is -2.49. The van der Waals surface area contributed by atoms with E-state index in [4.69, 9.17) is 22.6 Å². The number of hydrogen-bond donors (Lipinski definition) is 4. The molecule has 0 aliphatic rings. The molecule has 6 nitrogen and oxygen atoms in total. The fraction of sp³-hybridized carbons (Fsp3) is 0.875. The second kappa shape index (κ2) is 4.02. The summed E-state index contributed by atoms with van der Waals surface area (Å²) in [4.78, 5) is 0. The smallest absolute Gasteiger partial charge is 0.132 e. The third-order valence-corrected chi connectivity index (χ3v) is 2.03. The zero-order valence-corrected chi connectivity index (χ0v) is 9.20. The van der Waals surface area contributed by atoms with Crippen molar-refractivity contribution in [3.63, 3.8) is 0 Å². The molecule has 0 bridgehead atoms. The van der Waals surface area contributed by atoms with E-state index in [1.165, 1.54) is 0 Å². The molecule has 0 aromatic carbocycles. The molecule has 0 aromatic heterocycles. The Labute approximate surface area is 84.4 Å². The quantitative estimate of drug-likeness (QED) is 0.223. The van der Waals surface area contributed by atoms with Crippen molar-refractivity contribution in [3.05, 3.63) is 0 Å². The van der Waals surface area contributed by atoms with Crippen LogP contribution in [0.25, 0.3) is 0 Å². The van der Waals surface area contributed by atoms with Crippen LogP contribution in [0, 0.1) is 5.41 Å². The minimum Gasteiger partial charge on any atom is -0.386 e. The van der Waals surface area contributed by atoms with Crippen LogP contribution < -0.4 is 17.2 Å². The molecule has 0 saturated heterocycles. The Morgan fingerprint density at radius 2 is 1.57 bits per heavy atom. The second-order valence-corrected chi connectivity index (χ2v) is 4.35. The number of amidine groups is 1. The summed E-state index contributed by atoms with van der Waals surface area (Å²) in [6.07, 6.45) is -0.589. The fourth-order valence-electron chi connectivity index (χ4n) is 0.374. The molecular weight excluding hydrogens is 180 g/mol. The van der Waals surface area contributed by atoms with Gasteiger partial charge in [-0.2, -0.15) is 10.2 Å². The number of hydrogen-bond acceptors (Lipinski definition) is 5. The summed E-state index contributed by atoms with van der Waals surface area (Å²) in [6, 6.07) is 0. The predicted molar refractivity (Wildman–Crippen MR) is 57.1 cm³/mol. The number of azo groups is 1. The SMILES string of the molecule is CC(C)(N=NC(C)(C)C(N)N)C(=N)N. The van der Waals surface area contributed by atoms with Crippen LogP contribution in [0.15, 0.2) is 10.2 Å². The molecule has 0 radical (unpaired) electrons. The molecule has 0 unspecified atom stereocenters. The van der Waals surface area contributed by atoms with Gasteiger partial charge in [-0.15, -0.1) is 0 Å². The van der Waals surface area contributed by atoms with Gasteiger partial charge in [0, 0.05) is 0 Å². The Hall–Kier alpha value is -1.01. The normalized spacial score (nSPS) is 13.9. The van der Waals surface area contributed by atoms with E-state index in [1.54, 1.807) is 27.7 Å². The molecule has 7 N–H and O–H groups in total. The molecule has 0 atom stereocenters. The molecule has 0 saturated carbocycles. The van der Waals surface area contributed by atoms with Gasteiger partial charge in [-0.05, 0) is 27.7 Å². The first kappa shape index (κ1) is 13.0. The van der Waals surface area contributed by atoms with Gasteiger partial charge in [0.2, 0.25) is 0 Å².